The Bertz CT molecular complexity index is 807. The Morgan fingerprint density at radius 2 is 2.00 bits per heavy atom. The summed E-state index contributed by atoms with van der Waals surface area (Å²) in [5, 5.41) is 24.4. The van der Waals surface area contributed by atoms with Gasteiger partial charge in [-0.05, 0) is 44.1 Å². The average Bonchev–Trinajstić information content (AvgIpc) is 3.20. The molecule has 6 rings (SSSR count). The van der Waals surface area contributed by atoms with Gasteiger partial charge in [0.1, 0.15) is 6.10 Å². The Labute approximate surface area is 190 Å². The number of ether oxygens (including phenoxy) is 3. The molecule has 6 fully saturated rings. The van der Waals surface area contributed by atoms with Gasteiger partial charge in [-0.3, -0.25) is 9.69 Å². The largest absolute Gasteiger partial charge is 0.462 e. The number of likely N-dealkylation sites (tertiary alicyclic amines) is 1. The fourth-order valence-electron chi connectivity index (χ4n) is 10.7. The van der Waals surface area contributed by atoms with Gasteiger partial charge in [-0.25, -0.2) is 0 Å². The Kier molecular flexibility index (Phi) is 4.70. The second-order valence-electron chi connectivity index (χ2n) is 11.8. The SMILES string of the molecule is CCN1C[C@]2(COC)CCC(O)C34C5C[C@@H]6C(OC)C[C@@](O)(C5[C@H]6OC(C)=O)[C@@H](CC32)[C@@H]14. The van der Waals surface area contributed by atoms with Crippen molar-refractivity contribution < 1.29 is 29.2 Å². The van der Waals surface area contributed by atoms with Gasteiger partial charge in [0.15, 0.2) is 0 Å². The van der Waals surface area contributed by atoms with Crippen molar-refractivity contribution in [2.24, 2.45) is 40.4 Å². The first-order valence-electron chi connectivity index (χ1n) is 12.6. The van der Waals surface area contributed by atoms with E-state index in [-0.39, 0.29) is 58.7 Å². The van der Waals surface area contributed by atoms with Gasteiger partial charge in [-0.2, -0.15) is 0 Å². The number of esters is 1. The van der Waals surface area contributed by atoms with E-state index in [2.05, 4.69) is 11.8 Å². The van der Waals surface area contributed by atoms with Crippen molar-refractivity contribution in [2.45, 2.75) is 75.9 Å². The first-order valence-corrected chi connectivity index (χ1v) is 12.6. The van der Waals surface area contributed by atoms with E-state index in [1.807, 2.05) is 0 Å². The third-order valence-corrected chi connectivity index (χ3v) is 11.2. The average molecular weight is 450 g/mol. The van der Waals surface area contributed by atoms with Crippen LogP contribution >= 0.6 is 0 Å². The molecule has 0 aromatic carbocycles. The van der Waals surface area contributed by atoms with Crippen molar-refractivity contribution in [2.75, 3.05) is 33.9 Å². The highest BCUT2D eigenvalue weighted by atomic mass is 16.5. The van der Waals surface area contributed by atoms with Crippen LogP contribution in [0, 0.1) is 40.4 Å². The number of methoxy groups -OCH3 is 2. The van der Waals surface area contributed by atoms with Gasteiger partial charge in [0.25, 0.3) is 0 Å². The Morgan fingerprint density at radius 3 is 2.66 bits per heavy atom. The third-order valence-electron chi connectivity index (χ3n) is 11.2. The number of nitrogens with zero attached hydrogens (tertiary/aromatic N) is 1. The van der Waals surface area contributed by atoms with Crippen LogP contribution in [0.25, 0.3) is 0 Å². The van der Waals surface area contributed by atoms with Crippen LogP contribution in [0.5, 0.6) is 0 Å². The van der Waals surface area contributed by atoms with Crippen LogP contribution in [0.4, 0.5) is 0 Å². The van der Waals surface area contributed by atoms with Crippen LogP contribution in [0.3, 0.4) is 0 Å². The minimum Gasteiger partial charge on any atom is -0.462 e. The van der Waals surface area contributed by atoms with E-state index in [4.69, 9.17) is 14.2 Å². The summed E-state index contributed by atoms with van der Waals surface area (Å²) in [6.45, 7) is 6.27. The maximum atomic E-state index is 12.5. The van der Waals surface area contributed by atoms with Gasteiger partial charge < -0.3 is 24.4 Å². The van der Waals surface area contributed by atoms with Crippen LogP contribution in [0.1, 0.15) is 46.0 Å². The third kappa shape index (κ3) is 2.28. The minimum atomic E-state index is -0.942. The standard InChI is InChI=1S/C25H39NO6/c1-5-26-11-23(12-30-3)7-6-19(28)25-15-8-14-17(31-4)10-24(29,16(22(25)26)9-18(23)25)20(15)21(14)32-13(2)27/h14-22,28-29H,5-12H2,1-4H3/t14-,15?,16+,17?,18?,19?,20?,21+,22-,23+,24+,25?/m1/s1. The molecular formula is C25H39NO6. The maximum absolute atomic E-state index is 12.5. The van der Waals surface area contributed by atoms with Crippen molar-refractivity contribution in [1.29, 1.82) is 0 Å². The molecule has 32 heavy (non-hydrogen) atoms. The Morgan fingerprint density at radius 1 is 1.22 bits per heavy atom. The molecule has 0 aromatic rings. The van der Waals surface area contributed by atoms with Crippen LogP contribution in [0.15, 0.2) is 0 Å². The molecule has 1 saturated heterocycles. The fraction of sp³-hybridized carbons (Fsp3) is 0.960. The second kappa shape index (κ2) is 6.91. The molecule has 1 aliphatic heterocycles. The summed E-state index contributed by atoms with van der Waals surface area (Å²) in [6.07, 6.45) is 3.27. The molecule has 7 nitrogen and oxygen atoms in total. The first kappa shape index (κ1) is 21.8. The number of aliphatic hydroxyl groups excluding tert-OH is 1. The van der Waals surface area contributed by atoms with Gasteiger partial charge >= 0.3 is 5.97 Å². The smallest absolute Gasteiger partial charge is 0.302 e. The van der Waals surface area contributed by atoms with Crippen molar-refractivity contribution in [3.8, 4) is 0 Å². The van der Waals surface area contributed by atoms with E-state index < -0.39 is 11.7 Å². The molecular weight excluding hydrogens is 410 g/mol. The molecule has 2 N–H and O–H groups in total. The van der Waals surface area contributed by atoms with Crippen molar-refractivity contribution in [3.05, 3.63) is 0 Å². The predicted molar refractivity (Wildman–Crippen MR) is 116 cm³/mol. The first-order chi connectivity index (χ1) is 15.3. The lowest BCUT2D eigenvalue weighted by Gasteiger charge is -2.69. The summed E-state index contributed by atoms with van der Waals surface area (Å²) in [6, 6.07) is 0.163. The van der Waals surface area contributed by atoms with Crippen molar-refractivity contribution in [1.82, 2.24) is 4.90 Å². The number of carbonyl (C=O) groups excluding carboxylic acids is 1. The van der Waals surface area contributed by atoms with E-state index in [1.165, 1.54) is 6.92 Å². The zero-order chi connectivity index (χ0) is 22.6. The summed E-state index contributed by atoms with van der Waals surface area (Å²) in [5.74, 6) is 0.164. The molecule has 6 unspecified atom stereocenters. The Hall–Kier alpha value is -0.730. The number of aliphatic hydroxyl groups is 2. The van der Waals surface area contributed by atoms with Gasteiger partial charge in [-0.1, -0.05) is 6.92 Å². The quantitative estimate of drug-likeness (QED) is 0.614. The lowest BCUT2D eigenvalue weighted by Crippen LogP contribution is -2.76. The number of rotatable bonds is 5. The molecule has 5 aliphatic carbocycles. The summed E-state index contributed by atoms with van der Waals surface area (Å²) in [7, 11) is 3.51. The van der Waals surface area contributed by atoms with E-state index in [1.54, 1.807) is 14.2 Å². The van der Waals surface area contributed by atoms with Crippen LogP contribution < -0.4 is 0 Å². The predicted octanol–water partition coefficient (Wildman–Crippen LogP) is 1.45. The Balaban J connectivity index is 1.56. The molecule has 0 aromatic heterocycles. The highest BCUT2D eigenvalue weighted by molar-refractivity contribution is 5.66. The molecule has 0 radical (unpaired) electrons. The highest BCUT2D eigenvalue weighted by Gasteiger charge is 2.83. The monoisotopic (exact) mass is 449 g/mol. The summed E-state index contributed by atoms with van der Waals surface area (Å²) in [5.41, 5.74) is -1.20. The number of carbonyl (C=O) groups is 1. The van der Waals surface area contributed by atoms with E-state index in [9.17, 15) is 15.0 Å². The molecule has 7 heteroatoms. The molecule has 7 bridgehead atoms. The number of hydrogen-bond donors (Lipinski definition) is 2. The van der Waals surface area contributed by atoms with Crippen molar-refractivity contribution >= 4 is 5.97 Å². The highest BCUT2D eigenvalue weighted by Crippen LogP contribution is 2.79. The molecule has 5 saturated carbocycles. The second-order valence-corrected chi connectivity index (χ2v) is 11.8. The molecule has 12 atom stereocenters. The summed E-state index contributed by atoms with van der Waals surface area (Å²) >= 11 is 0. The van der Waals surface area contributed by atoms with Crippen LogP contribution in [-0.4, -0.2) is 85.0 Å². The minimum absolute atomic E-state index is 0.0138. The molecule has 180 valence electrons. The van der Waals surface area contributed by atoms with Crippen LogP contribution in [0.2, 0.25) is 0 Å². The lowest BCUT2D eigenvalue weighted by atomic mass is 9.43. The lowest BCUT2D eigenvalue weighted by molar-refractivity contribution is -0.274. The number of hydrogen-bond acceptors (Lipinski definition) is 7. The van der Waals surface area contributed by atoms with Gasteiger partial charge in [0.2, 0.25) is 0 Å². The summed E-state index contributed by atoms with van der Waals surface area (Å²) in [4.78, 5) is 14.7. The van der Waals surface area contributed by atoms with Gasteiger partial charge in [0, 0.05) is 68.7 Å². The van der Waals surface area contributed by atoms with Gasteiger partial charge in [0.05, 0.1) is 24.4 Å². The van der Waals surface area contributed by atoms with Gasteiger partial charge in [-0.15, -0.1) is 0 Å². The van der Waals surface area contributed by atoms with E-state index in [0.717, 1.165) is 38.8 Å². The summed E-state index contributed by atoms with van der Waals surface area (Å²) < 4.78 is 17.7. The number of fused-ring (bicyclic) bond motifs is 2. The van der Waals surface area contributed by atoms with E-state index >= 15 is 0 Å². The van der Waals surface area contributed by atoms with Crippen molar-refractivity contribution in [3.63, 3.8) is 0 Å². The molecule has 1 spiro atoms. The number of piperidine rings is 1. The zero-order valence-corrected chi connectivity index (χ0v) is 19.8. The fourth-order valence-corrected chi connectivity index (χ4v) is 10.7. The molecule has 1 heterocycles. The van der Waals surface area contributed by atoms with Crippen LogP contribution in [-0.2, 0) is 19.0 Å². The normalized spacial score (nSPS) is 57.5. The topological polar surface area (TPSA) is 88.5 Å². The molecule has 0 amide bonds. The molecule has 6 aliphatic rings. The maximum Gasteiger partial charge on any atom is 0.302 e. The zero-order valence-electron chi connectivity index (χ0n) is 19.8. The van der Waals surface area contributed by atoms with E-state index in [0.29, 0.717) is 18.9 Å².